The fourth-order valence-corrected chi connectivity index (χ4v) is 3.54. The van der Waals surface area contributed by atoms with Crippen molar-refractivity contribution in [1.29, 1.82) is 0 Å². The summed E-state index contributed by atoms with van der Waals surface area (Å²) in [5, 5.41) is 6.12. The third-order valence-electron chi connectivity index (χ3n) is 5.32. The van der Waals surface area contributed by atoms with Gasteiger partial charge in [0, 0.05) is 18.7 Å². The molecule has 0 radical (unpaired) electrons. The molecule has 1 amide bonds. The fourth-order valence-electron chi connectivity index (χ4n) is 3.54. The molecule has 31 heavy (non-hydrogen) atoms. The van der Waals surface area contributed by atoms with Crippen LogP contribution in [0.15, 0.2) is 48.5 Å². The predicted molar refractivity (Wildman–Crippen MR) is 126 cm³/mol. The van der Waals surface area contributed by atoms with E-state index < -0.39 is 0 Å². The zero-order valence-electron chi connectivity index (χ0n) is 19.1. The average molecular weight is 425 g/mol. The number of hydrogen-bond acceptors (Lipinski definition) is 4. The summed E-state index contributed by atoms with van der Waals surface area (Å²) >= 11 is 0. The highest BCUT2D eigenvalue weighted by molar-refractivity contribution is 5.93. The van der Waals surface area contributed by atoms with Gasteiger partial charge in [-0.1, -0.05) is 61.9 Å². The van der Waals surface area contributed by atoms with E-state index in [9.17, 15) is 9.59 Å². The van der Waals surface area contributed by atoms with Gasteiger partial charge in [-0.15, -0.1) is 0 Å². The summed E-state index contributed by atoms with van der Waals surface area (Å²) in [7, 11) is 0. The Morgan fingerprint density at radius 3 is 2.32 bits per heavy atom. The number of unbranched alkanes of at least 4 members (excludes halogenated alkanes) is 2. The van der Waals surface area contributed by atoms with E-state index >= 15 is 0 Å². The highest BCUT2D eigenvalue weighted by Gasteiger charge is 2.14. The topological polar surface area (TPSA) is 67.4 Å². The number of hydrogen-bond donors (Lipinski definition) is 2. The first-order chi connectivity index (χ1) is 15.0. The Morgan fingerprint density at radius 2 is 1.65 bits per heavy atom. The van der Waals surface area contributed by atoms with Crippen LogP contribution in [0.4, 0.5) is 5.69 Å². The monoisotopic (exact) mass is 424 g/mol. The lowest BCUT2D eigenvalue weighted by Gasteiger charge is -2.18. The summed E-state index contributed by atoms with van der Waals surface area (Å²) in [6, 6.07) is 16.4. The third kappa shape index (κ3) is 9.35. The van der Waals surface area contributed by atoms with Crippen molar-refractivity contribution >= 4 is 17.6 Å². The molecular formula is C26H36N2O3. The molecule has 0 spiro atoms. The standard InChI is InChI=1S/C26H36N2O3/c1-4-25(30)31-23(17-10-6-9-16-22-14-7-5-8-15-22)18-27-19-24(29)28-26-20(2)12-11-13-21(26)3/h5,7-8,11-15,23,27H,4,6,9-10,16-19H2,1-3H3,(H,28,29). The van der Waals surface area contributed by atoms with Crippen molar-refractivity contribution in [3.63, 3.8) is 0 Å². The summed E-state index contributed by atoms with van der Waals surface area (Å²) in [4.78, 5) is 24.1. The molecule has 0 saturated carbocycles. The lowest BCUT2D eigenvalue weighted by molar-refractivity contribution is -0.148. The smallest absolute Gasteiger partial charge is 0.305 e. The number of benzene rings is 2. The minimum atomic E-state index is -0.211. The van der Waals surface area contributed by atoms with Crippen LogP contribution in [-0.4, -0.2) is 31.1 Å². The Labute approximate surface area is 186 Å². The molecule has 5 nitrogen and oxygen atoms in total. The van der Waals surface area contributed by atoms with Crippen molar-refractivity contribution in [2.24, 2.45) is 0 Å². The molecule has 0 aliphatic carbocycles. The van der Waals surface area contributed by atoms with Crippen molar-refractivity contribution in [1.82, 2.24) is 5.32 Å². The summed E-state index contributed by atoms with van der Waals surface area (Å²) in [5.41, 5.74) is 4.30. The normalized spacial score (nSPS) is 11.7. The molecular weight excluding hydrogens is 388 g/mol. The van der Waals surface area contributed by atoms with Crippen LogP contribution < -0.4 is 10.6 Å². The molecule has 0 saturated heterocycles. The van der Waals surface area contributed by atoms with Gasteiger partial charge in [-0.25, -0.2) is 0 Å². The first-order valence-electron chi connectivity index (χ1n) is 11.3. The third-order valence-corrected chi connectivity index (χ3v) is 5.32. The molecule has 0 aliphatic heterocycles. The van der Waals surface area contributed by atoms with E-state index in [0.29, 0.717) is 13.0 Å². The van der Waals surface area contributed by atoms with Gasteiger partial charge in [0.05, 0.1) is 6.54 Å². The van der Waals surface area contributed by atoms with Gasteiger partial charge in [0.25, 0.3) is 0 Å². The second-order valence-corrected chi connectivity index (χ2v) is 8.00. The molecule has 0 heterocycles. The van der Waals surface area contributed by atoms with Gasteiger partial charge in [-0.05, 0) is 56.2 Å². The van der Waals surface area contributed by atoms with Crippen LogP contribution in [0.1, 0.15) is 55.7 Å². The van der Waals surface area contributed by atoms with Crippen LogP contribution in [0.5, 0.6) is 0 Å². The Morgan fingerprint density at radius 1 is 0.935 bits per heavy atom. The molecule has 0 aromatic heterocycles. The molecule has 1 atom stereocenters. The highest BCUT2D eigenvalue weighted by atomic mass is 16.5. The van der Waals surface area contributed by atoms with Crippen molar-refractivity contribution in [3.05, 3.63) is 65.2 Å². The average Bonchev–Trinajstić information content (AvgIpc) is 2.76. The molecule has 2 rings (SSSR count). The minimum Gasteiger partial charge on any atom is -0.461 e. The Hall–Kier alpha value is -2.66. The van der Waals surface area contributed by atoms with Crippen LogP contribution >= 0.6 is 0 Å². The van der Waals surface area contributed by atoms with E-state index in [2.05, 4.69) is 34.9 Å². The number of amides is 1. The number of carbonyl (C=O) groups is 2. The molecule has 168 valence electrons. The molecule has 0 aliphatic rings. The van der Waals surface area contributed by atoms with Gasteiger partial charge in [-0.3, -0.25) is 9.59 Å². The van der Waals surface area contributed by atoms with Crippen molar-refractivity contribution in [2.45, 2.75) is 65.4 Å². The van der Waals surface area contributed by atoms with Gasteiger partial charge in [0.2, 0.25) is 5.91 Å². The fraction of sp³-hybridized carbons (Fsp3) is 0.462. The van der Waals surface area contributed by atoms with Crippen LogP contribution in [0.25, 0.3) is 0 Å². The zero-order valence-corrected chi connectivity index (χ0v) is 19.1. The lowest BCUT2D eigenvalue weighted by Crippen LogP contribution is -2.36. The van der Waals surface area contributed by atoms with E-state index in [1.165, 1.54) is 5.56 Å². The maximum Gasteiger partial charge on any atom is 0.305 e. The van der Waals surface area contributed by atoms with Crippen LogP contribution in [0.2, 0.25) is 0 Å². The van der Waals surface area contributed by atoms with Crippen molar-refractivity contribution in [3.8, 4) is 0 Å². The van der Waals surface area contributed by atoms with Crippen LogP contribution in [0, 0.1) is 13.8 Å². The number of ether oxygens (including phenoxy) is 1. The van der Waals surface area contributed by atoms with E-state index in [0.717, 1.165) is 48.9 Å². The van der Waals surface area contributed by atoms with Crippen molar-refractivity contribution in [2.75, 3.05) is 18.4 Å². The highest BCUT2D eigenvalue weighted by Crippen LogP contribution is 2.19. The predicted octanol–water partition coefficient (Wildman–Crippen LogP) is 4.96. The minimum absolute atomic E-state index is 0.0965. The van der Waals surface area contributed by atoms with Gasteiger partial charge >= 0.3 is 5.97 Å². The van der Waals surface area contributed by atoms with E-state index in [-0.39, 0.29) is 24.5 Å². The van der Waals surface area contributed by atoms with Gasteiger partial charge < -0.3 is 15.4 Å². The number of para-hydroxylation sites is 1. The van der Waals surface area contributed by atoms with Gasteiger partial charge in [0.15, 0.2) is 0 Å². The summed E-state index contributed by atoms with van der Waals surface area (Å²) in [6.45, 7) is 6.42. The second-order valence-electron chi connectivity index (χ2n) is 8.00. The zero-order chi connectivity index (χ0) is 22.5. The first-order valence-corrected chi connectivity index (χ1v) is 11.3. The van der Waals surface area contributed by atoms with Gasteiger partial charge in [-0.2, -0.15) is 0 Å². The number of esters is 1. The largest absolute Gasteiger partial charge is 0.461 e. The first kappa shape index (κ1) is 24.6. The number of aryl methyl sites for hydroxylation is 3. The summed E-state index contributed by atoms with van der Waals surface area (Å²) in [5.74, 6) is -0.295. The molecule has 2 aromatic carbocycles. The Kier molecular flexibility index (Phi) is 10.8. The molecule has 0 bridgehead atoms. The second kappa shape index (κ2) is 13.6. The molecule has 2 N–H and O–H groups in total. The quantitative estimate of drug-likeness (QED) is 0.352. The maximum absolute atomic E-state index is 12.3. The number of anilines is 1. The van der Waals surface area contributed by atoms with Crippen molar-refractivity contribution < 1.29 is 14.3 Å². The lowest BCUT2D eigenvalue weighted by atomic mass is 10.0. The molecule has 1 unspecified atom stereocenters. The molecule has 2 aromatic rings. The number of carbonyl (C=O) groups excluding carboxylic acids is 2. The summed E-state index contributed by atoms with van der Waals surface area (Å²) in [6.07, 6.45) is 5.20. The van der Waals surface area contributed by atoms with E-state index in [1.54, 1.807) is 6.92 Å². The Balaban J connectivity index is 1.72. The van der Waals surface area contributed by atoms with E-state index in [4.69, 9.17) is 4.74 Å². The Bertz CT molecular complexity index is 800. The SMILES string of the molecule is CCC(=O)OC(CCCCCc1ccccc1)CNCC(=O)Nc1c(C)cccc1C. The molecule has 5 heteroatoms. The summed E-state index contributed by atoms with van der Waals surface area (Å²) < 4.78 is 5.57. The van der Waals surface area contributed by atoms with Crippen LogP contribution in [-0.2, 0) is 20.7 Å². The van der Waals surface area contributed by atoms with Crippen LogP contribution in [0.3, 0.4) is 0 Å². The maximum atomic E-state index is 12.3. The number of rotatable bonds is 13. The number of nitrogens with one attached hydrogen (secondary N) is 2. The molecule has 0 fully saturated rings. The van der Waals surface area contributed by atoms with E-state index in [1.807, 2.05) is 38.1 Å². The van der Waals surface area contributed by atoms with Gasteiger partial charge in [0.1, 0.15) is 6.10 Å².